The quantitative estimate of drug-likeness (QED) is 0.427. The Kier molecular flexibility index (Phi) is 5.70. The van der Waals surface area contributed by atoms with Crippen LogP contribution < -0.4 is 5.32 Å². The van der Waals surface area contributed by atoms with Crippen molar-refractivity contribution in [3.63, 3.8) is 0 Å². The molecule has 1 amide bonds. The van der Waals surface area contributed by atoms with Gasteiger partial charge in [0.05, 0.1) is 29.0 Å². The van der Waals surface area contributed by atoms with Crippen molar-refractivity contribution in [3.8, 4) is 5.69 Å². The highest BCUT2D eigenvalue weighted by molar-refractivity contribution is 7.99. The smallest absolute Gasteiger partial charge is 0.416 e. The predicted molar refractivity (Wildman–Crippen MR) is 101 cm³/mol. The molecule has 0 spiro atoms. The standard InChI is InChI=1S/C17H13F3N8O2S/c18-17(19,20)11-3-4-14(28-10-21-9-22-28)13(6-11)23-15(29)8-31-16-24-25-26-27(16)7-12-2-1-5-30-12/h1-6,9-10H,7-8H2,(H,23,29). The molecule has 3 heterocycles. The Bertz CT molecular complexity index is 1160. The molecule has 10 nitrogen and oxygen atoms in total. The molecule has 0 saturated carbocycles. The lowest BCUT2D eigenvalue weighted by atomic mass is 10.1. The number of tetrazole rings is 1. The first-order valence-corrected chi connectivity index (χ1v) is 9.66. The van der Waals surface area contributed by atoms with Gasteiger partial charge in [0.1, 0.15) is 25.0 Å². The first-order chi connectivity index (χ1) is 14.9. The molecule has 0 saturated heterocycles. The number of anilines is 1. The van der Waals surface area contributed by atoms with Gasteiger partial charge in [-0.15, -0.1) is 5.10 Å². The number of furan rings is 1. The summed E-state index contributed by atoms with van der Waals surface area (Å²) < 4.78 is 47.3. The van der Waals surface area contributed by atoms with E-state index in [1.54, 1.807) is 12.1 Å². The number of nitrogens with zero attached hydrogens (tertiary/aromatic N) is 7. The minimum absolute atomic E-state index is 0.0545. The summed E-state index contributed by atoms with van der Waals surface area (Å²) in [4.78, 5) is 16.2. The average Bonchev–Trinajstić information content (AvgIpc) is 3.49. The van der Waals surface area contributed by atoms with Crippen LogP contribution in [0.3, 0.4) is 0 Å². The lowest BCUT2D eigenvalue weighted by Crippen LogP contribution is -2.17. The molecule has 0 aliphatic rings. The third kappa shape index (κ3) is 4.91. The first-order valence-electron chi connectivity index (χ1n) is 8.67. The molecule has 0 fully saturated rings. The molecular weight excluding hydrogens is 437 g/mol. The maximum absolute atomic E-state index is 13.1. The molecule has 14 heteroatoms. The highest BCUT2D eigenvalue weighted by Gasteiger charge is 2.31. The number of halogens is 3. The SMILES string of the molecule is O=C(CSc1nnnn1Cc1ccco1)Nc1cc(C(F)(F)F)ccc1-n1cncn1. The maximum Gasteiger partial charge on any atom is 0.416 e. The number of thioether (sulfide) groups is 1. The number of alkyl halides is 3. The summed E-state index contributed by atoms with van der Waals surface area (Å²) in [6, 6.07) is 6.44. The number of nitrogens with one attached hydrogen (secondary N) is 1. The van der Waals surface area contributed by atoms with Gasteiger partial charge < -0.3 is 9.73 Å². The summed E-state index contributed by atoms with van der Waals surface area (Å²) in [7, 11) is 0. The summed E-state index contributed by atoms with van der Waals surface area (Å²) in [5.41, 5.74) is -0.714. The third-order valence-electron chi connectivity index (χ3n) is 3.98. The molecule has 1 aromatic carbocycles. The Morgan fingerprint density at radius 3 is 2.84 bits per heavy atom. The lowest BCUT2D eigenvalue weighted by molar-refractivity contribution is -0.137. The van der Waals surface area contributed by atoms with Crippen LogP contribution >= 0.6 is 11.8 Å². The summed E-state index contributed by atoms with van der Waals surface area (Å²) in [6.45, 7) is 0.272. The van der Waals surface area contributed by atoms with E-state index in [2.05, 4.69) is 30.9 Å². The second-order valence-electron chi connectivity index (χ2n) is 6.11. The Morgan fingerprint density at radius 1 is 1.26 bits per heavy atom. The van der Waals surface area contributed by atoms with E-state index in [1.165, 1.54) is 34.3 Å². The van der Waals surface area contributed by atoms with E-state index in [9.17, 15) is 18.0 Å². The van der Waals surface area contributed by atoms with Crippen LogP contribution in [0.1, 0.15) is 11.3 Å². The first kappa shape index (κ1) is 20.6. The van der Waals surface area contributed by atoms with Gasteiger partial charge in [-0.2, -0.15) is 18.3 Å². The van der Waals surface area contributed by atoms with E-state index in [0.717, 1.165) is 23.9 Å². The monoisotopic (exact) mass is 450 g/mol. The fraction of sp³-hybridized carbons (Fsp3) is 0.176. The molecule has 4 rings (SSSR count). The number of hydrogen-bond acceptors (Lipinski definition) is 8. The van der Waals surface area contributed by atoms with Crippen LogP contribution in [0.4, 0.5) is 18.9 Å². The number of amides is 1. The number of carbonyl (C=O) groups excluding carboxylic acids is 1. The maximum atomic E-state index is 13.1. The number of rotatable bonds is 7. The van der Waals surface area contributed by atoms with Crippen molar-refractivity contribution < 1.29 is 22.4 Å². The summed E-state index contributed by atoms with van der Waals surface area (Å²) >= 11 is 1.03. The van der Waals surface area contributed by atoms with Crippen LogP contribution in [0, 0.1) is 0 Å². The molecule has 1 N–H and O–H groups in total. The molecule has 4 aromatic rings. The zero-order chi connectivity index (χ0) is 21.8. The molecule has 0 unspecified atom stereocenters. The second kappa shape index (κ2) is 8.59. The van der Waals surface area contributed by atoms with Gasteiger partial charge in [0.25, 0.3) is 0 Å². The van der Waals surface area contributed by atoms with E-state index in [1.807, 2.05) is 0 Å². The van der Waals surface area contributed by atoms with Crippen molar-refractivity contribution in [1.82, 2.24) is 35.0 Å². The van der Waals surface area contributed by atoms with Crippen LogP contribution in [0.25, 0.3) is 5.69 Å². The zero-order valence-corrected chi connectivity index (χ0v) is 16.3. The van der Waals surface area contributed by atoms with Gasteiger partial charge in [-0.25, -0.2) is 14.3 Å². The van der Waals surface area contributed by atoms with Crippen molar-refractivity contribution >= 4 is 23.4 Å². The normalized spacial score (nSPS) is 11.6. The minimum atomic E-state index is -4.57. The van der Waals surface area contributed by atoms with Crippen molar-refractivity contribution in [1.29, 1.82) is 0 Å². The summed E-state index contributed by atoms with van der Waals surface area (Å²) in [6.07, 6.45) is -0.501. The lowest BCUT2D eigenvalue weighted by Gasteiger charge is -2.14. The van der Waals surface area contributed by atoms with Crippen molar-refractivity contribution in [2.24, 2.45) is 0 Å². The molecule has 31 heavy (non-hydrogen) atoms. The van der Waals surface area contributed by atoms with Crippen LogP contribution in [0.15, 0.2) is 58.8 Å². The largest absolute Gasteiger partial charge is 0.467 e. The Hall–Kier alpha value is -3.68. The molecule has 3 aromatic heterocycles. The van der Waals surface area contributed by atoms with Gasteiger partial charge in [-0.3, -0.25) is 4.79 Å². The second-order valence-corrected chi connectivity index (χ2v) is 7.05. The van der Waals surface area contributed by atoms with Crippen molar-refractivity contribution in [3.05, 3.63) is 60.6 Å². The van der Waals surface area contributed by atoms with Gasteiger partial charge in [-0.05, 0) is 40.8 Å². The summed E-state index contributed by atoms with van der Waals surface area (Å²) in [5, 5.41) is 18.0. The van der Waals surface area contributed by atoms with E-state index in [-0.39, 0.29) is 23.7 Å². The number of benzene rings is 1. The fourth-order valence-corrected chi connectivity index (χ4v) is 3.29. The number of carbonyl (C=O) groups is 1. The molecular formula is C17H13F3N8O2S. The summed E-state index contributed by atoms with van der Waals surface area (Å²) in [5.74, 6) is -0.0516. The van der Waals surface area contributed by atoms with Crippen molar-refractivity contribution in [2.75, 3.05) is 11.1 Å². The van der Waals surface area contributed by atoms with Crippen molar-refractivity contribution in [2.45, 2.75) is 17.9 Å². The fourth-order valence-electron chi connectivity index (χ4n) is 2.61. The van der Waals surface area contributed by atoms with Crippen LogP contribution in [-0.4, -0.2) is 46.6 Å². The highest BCUT2D eigenvalue weighted by atomic mass is 32.2. The molecule has 0 aliphatic heterocycles. The van der Waals surface area contributed by atoms with Gasteiger partial charge in [-0.1, -0.05) is 11.8 Å². The van der Waals surface area contributed by atoms with E-state index in [0.29, 0.717) is 10.9 Å². The molecule has 0 atom stereocenters. The van der Waals surface area contributed by atoms with E-state index < -0.39 is 17.6 Å². The molecule has 0 radical (unpaired) electrons. The molecule has 0 aliphatic carbocycles. The third-order valence-corrected chi connectivity index (χ3v) is 4.94. The van der Waals surface area contributed by atoms with Gasteiger partial charge >= 0.3 is 6.18 Å². The number of aromatic nitrogens is 7. The Balaban J connectivity index is 1.48. The van der Waals surface area contributed by atoms with Crippen LogP contribution in [0.5, 0.6) is 0 Å². The van der Waals surface area contributed by atoms with Gasteiger partial charge in [0, 0.05) is 0 Å². The molecule has 160 valence electrons. The van der Waals surface area contributed by atoms with E-state index >= 15 is 0 Å². The topological polar surface area (TPSA) is 117 Å². The Morgan fingerprint density at radius 2 is 2.13 bits per heavy atom. The Labute approximate surface area is 176 Å². The van der Waals surface area contributed by atoms with Crippen LogP contribution in [0.2, 0.25) is 0 Å². The molecule has 0 bridgehead atoms. The highest BCUT2D eigenvalue weighted by Crippen LogP contribution is 2.33. The average molecular weight is 450 g/mol. The predicted octanol–water partition coefficient (Wildman–Crippen LogP) is 2.64. The number of hydrogen-bond donors (Lipinski definition) is 1. The minimum Gasteiger partial charge on any atom is -0.467 e. The van der Waals surface area contributed by atoms with Crippen LogP contribution in [-0.2, 0) is 17.5 Å². The zero-order valence-electron chi connectivity index (χ0n) is 15.5. The van der Waals surface area contributed by atoms with E-state index in [4.69, 9.17) is 4.42 Å². The van der Waals surface area contributed by atoms with Gasteiger partial charge in [0.15, 0.2) is 0 Å². The van der Waals surface area contributed by atoms with Gasteiger partial charge in [0.2, 0.25) is 11.1 Å².